The van der Waals surface area contributed by atoms with Gasteiger partial charge in [-0.25, -0.2) is 4.79 Å². The molecule has 1 atom stereocenters. The molecule has 1 unspecified atom stereocenters. The molecule has 22 heavy (non-hydrogen) atoms. The summed E-state index contributed by atoms with van der Waals surface area (Å²) in [7, 11) is 0. The highest BCUT2D eigenvalue weighted by molar-refractivity contribution is 6.30. The molecule has 1 heterocycles. The van der Waals surface area contributed by atoms with E-state index in [0.29, 0.717) is 18.1 Å². The Labute approximate surface area is 136 Å². The zero-order valence-corrected chi connectivity index (χ0v) is 13.5. The molecular weight excluding hydrogens is 302 g/mol. The third-order valence-corrected chi connectivity index (χ3v) is 3.97. The molecule has 120 valence electrons. The van der Waals surface area contributed by atoms with Gasteiger partial charge in [0.2, 0.25) is 5.91 Å². The first-order valence-electron chi connectivity index (χ1n) is 7.59. The molecule has 0 saturated carbocycles. The molecule has 0 aliphatic carbocycles. The van der Waals surface area contributed by atoms with Gasteiger partial charge in [-0.3, -0.25) is 4.79 Å². The lowest BCUT2D eigenvalue weighted by Gasteiger charge is -2.33. The number of piperidine rings is 1. The maximum absolute atomic E-state index is 12.2. The van der Waals surface area contributed by atoms with Crippen LogP contribution in [0.4, 0.5) is 4.79 Å². The van der Waals surface area contributed by atoms with E-state index in [1.807, 2.05) is 24.3 Å². The van der Waals surface area contributed by atoms with Crippen LogP contribution >= 0.6 is 11.6 Å². The van der Waals surface area contributed by atoms with Gasteiger partial charge in [0.1, 0.15) is 0 Å². The van der Waals surface area contributed by atoms with Crippen LogP contribution in [0.25, 0.3) is 0 Å². The van der Waals surface area contributed by atoms with Gasteiger partial charge in [0, 0.05) is 37.6 Å². The van der Waals surface area contributed by atoms with E-state index in [1.165, 1.54) is 6.92 Å². The number of nitrogens with one attached hydrogen (secondary N) is 2. The molecule has 2 rings (SSSR count). The van der Waals surface area contributed by atoms with Crippen LogP contribution in [0.3, 0.4) is 0 Å². The Hall–Kier alpha value is -1.75. The Morgan fingerprint density at radius 2 is 2.05 bits per heavy atom. The van der Waals surface area contributed by atoms with Crippen LogP contribution in [0.5, 0.6) is 0 Å². The minimum absolute atomic E-state index is 0.0463. The Balaban J connectivity index is 1.74. The maximum Gasteiger partial charge on any atom is 0.317 e. The molecule has 0 bridgehead atoms. The molecule has 0 radical (unpaired) electrons. The zero-order valence-electron chi connectivity index (χ0n) is 12.8. The fourth-order valence-corrected chi connectivity index (χ4v) is 2.77. The van der Waals surface area contributed by atoms with Gasteiger partial charge < -0.3 is 15.5 Å². The predicted octanol–water partition coefficient (Wildman–Crippen LogP) is 2.19. The number of halogens is 1. The molecule has 1 aromatic carbocycles. The molecule has 2 N–H and O–H groups in total. The zero-order chi connectivity index (χ0) is 15.9. The van der Waals surface area contributed by atoms with Crippen LogP contribution in [0, 0.1) is 0 Å². The van der Waals surface area contributed by atoms with Crippen LogP contribution in [-0.2, 0) is 11.2 Å². The van der Waals surface area contributed by atoms with E-state index < -0.39 is 0 Å². The largest absolute Gasteiger partial charge is 0.352 e. The van der Waals surface area contributed by atoms with Crippen LogP contribution in [0.1, 0.15) is 25.3 Å². The normalized spacial score (nSPS) is 17.9. The number of hydrogen-bond donors (Lipinski definition) is 2. The van der Waals surface area contributed by atoms with Gasteiger partial charge >= 0.3 is 6.03 Å². The Morgan fingerprint density at radius 3 is 2.73 bits per heavy atom. The number of carbonyl (C=O) groups is 2. The van der Waals surface area contributed by atoms with Gasteiger partial charge in [0.15, 0.2) is 0 Å². The van der Waals surface area contributed by atoms with E-state index >= 15 is 0 Å². The van der Waals surface area contributed by atoms with Gasteiger partial charge in [0.25, 0.3) is 0 Å². The van der Waals surface area contributed by atoms with Crippen molar-refractivity contribution in [3.63, 3.8) is 0 Å². The molecule has 1 aromatic rings. The van der Waals surface area contributed by atoms with Gasteiger partial charge in [-0.05, 0) is 37.0 Å². The molecular formula is C16H22ClN3O2. The van der Waals surface area contributed by atoms with Crippen molar-refractivity contribution in [2.45, 2.75) is 32.2 Å². The molecule has 1 aliphatic heterocycles. The molecule has 5 nitrogen and oxygen atoms in total. The Morgan fingerprint density at radius 1 is 1.32 bits per heavy atom. The van der Waals surface area contributed by atoms with Crippen LogP contribution < -0.4 is 10.6 Å². The lowest BCUT2D eigenvalue weighted by Crippen LogP contribution is -2.52. The first-order chi connectivity index (χ1) is 10.5. The fourth-order valence-electron chi connectivity index (χ4n) is 2.64. The van der Waals surface area contributed by atoms with Gasteiger partial charge in [0.05, 0.1) is 0 Å². The molecule has 6 heteroatoms. The lowest BCUT2D eigenvalue weighted by molar-refractivity contribution is -0.119. The number of rotatable bonds is 4. The van der Waals surface area contributed by atoms with Crippen molar-refractivity contribution >= 4 is 23.5 Å². The number of carbonyl (C=O) groups excluding carboxylic acids is 2. The van der Waals surface area contributed by atoms with Gasteiger partial charge in [-0.1, -0.05) is 23.7 Å². The van der Waals surface area contributed by atoms with Crippen molar-refractivity contribution in [1.82, 2.24) is 15.5 Å². The van der Waals surface area contributed by atoms with E-state index in [-0.39, 0.29) is 18.0 Å². The average Bonchev–Trinajstić information content (AvgIpc) is 2.49. The van der Waals surface area contributed by atoms with Crippen LogP contribution in [-0.4, -0.2) is 42.5 Å². The smallest absolute Gasteiger partial charge is 0.317 e. The predicted molar refractivity (Wildman–Crippen MR) is 87.0 cm³/mol. The average molecular weight is 324 g/mol. The van der Waals surface area contributed by atoms with Crippen molar-refractivity contribution in [3.8, 4) is 0 Å². The number of likely N-dealkylation sites (tertiary alicyclic amines) is 1. The summed E-state index contributed by atoms with van der Waals surface area (Å²) in [6.07, 6.45) is 2.61. The van der Waals surface area contributed by atoms with Crippen molar-refractivity contribution in [3.05, 3.63) is 34.9 Å². The van der Waals surface area contributed by atoms with Crippen molar-refractivity contribution in [2.75, 3.05) is 19.6 Å². The van der Waals surface area contributed by atoms with E-state index in [1.54, 1.807) is 4.90 Å². The quantitative estimate of drug-likeness (QED) is 0.892. The van der Waals surface area contributed by atoms with Gasteiger partial charge in [-0.15, -0.1) is 0 Å². The Bertz CT molecular complexity index is 519. The minimum Gasteiger partial charge on any atom is -0.352 e. The second-order valence-corrected chi connectivity index (χ2v) is 6.03. The second-order valence-electron chi connectivity index (χ2n) is 5.59. The third kappa shape index (κ3) is 5.22. The van der Waals surface area contributed by atoms with Crippen LogP contribution in [0.15, 0.2) is 24.3 Å². The molecule has 0 spiro atoms. The number of amides is 3. The number of hydrogen-bond acceptors (Lipinski definition) is 2. The minimum atomic E-state index is -0.0657. The van der Waals surface area contributed by atoms with Crippen molar-refractivity contribution in [1.29, 1.82) is 0 Å². The highest BCUT2D eigenvalue weighted by Crippen LogP contribution is 2.11. The second kappa shape index (κ2) is 8.03. The third-order valence-electron chi connectivity index (χ3n) is 3.72. The summed E-state index contributed by atoms with van der Waals surface area (Å²) in [6, 6.07) is 7.62. The van der Waals surface area contributed by atoms with Crippen molar-refractivity contribution < 1.29 is 9.59 Å². The highest BCUT2D eigenvalue weighted by Gasteiger charge is 2.23. The summed E-state index contributed by atoms with van der Waals surface area (Å²) in [5.41, 5.74) is 1.14. The summed E-state index contributed by atoms with van der Waals surface area (Å²) < 4.78 is 0. The summed E-state index contributed by atoms with van der Waals surface area (Å²) in [5.74, 6) is -0.0463. The molecule has 1 fully saturated rings. The molecule has 1 saturated heterocycles. The monoisotopic (exact) mass is 323 g/mol. The number of benzene rings is 1. The molecule has 0 aromatic heterocycles. The van der Waals surface area contributed by atoms with E-state index in [4.69, 9.17) is 11.6 Å². The SMILES string of the molecule is CC(=O)NC1CCCN(C(=O)NCCc2ccc(Cl)cc2)C1. The first-order valence-corrected chi connectivity index (χ1v) is 7.96. The first kappa shape index (κ1) is 16.6. The van der Waals surface area contributed by atoms with E-state index in [0.717, 1.165) is 31.4 Å². The van der Waals surface area contributed by atoms with E-state index in [2.05, 4.69) is 10.6 Å². The summed E-state index contributed by atoms with van der Waals surface area (Å²) >= 11 is 5.84. The van der Waals surface area contributed by atoms with Crippen LogP contribution in [0.2, 0.25) is 5.02 Å². The summed E-state index contributed by atoms with van der Waals surface area (Å²) in [5, 5.41) is 6.52. The van der Waals surface area contributed by atoms with E-state index in [9.17, 15) is 9.59 Å². The fraction of sp³-hybridized carbons (Fsp3) is 0.500. The maximum atomic E-state index is 12.2. The van der Waals surface area contributed by atoms with Crippen molar-refractivity contribution in [2.24, 2.45) is 0 Å². The topological polar surface area (TPSA) is 61.4 Å². The molecule has 3 amide bonds. The standard InChI is InChI=1S/C16H22ClN3O2/c1-12(21)19-15-3-2-10-20(11-15)16(22)18-9-8-13-4-6-14(17)7-5-13/h4-7,15H,2-3,8-11H2,1H3,(H,18,22)(H,19,21). The molecule has 1 aliphatic rings. The lowest BCUT2D eigenvalue weighted by atomic mass is 10.1. The van der Waals surface area contributed by atoms with Gasteiger partial charge in [-0.2, -0.15) is 0 Å². The number of urea groups is 1. The summed E-state index contributed by atoms with van der Waals surface area (Å²) in [6.45, 7) is 3.40. The Kier molecular flexibility index (Phi) is 6.07. The highest BCUT2D eigenvalue weighted by atomic mass is 35.5. The number of nitrogens with zero attached hydrogens (tertiary/aromatic N) is 1. The summed E-state index contributed by atoms with van der Waals surface area (Å²) in [4.78, 5) is 25.0.